The van der Waals surface area contributed by atoms with Crippen LogP contribution >= 0.6 is 0 Å². The largest absolute Gasteiger partial charge is 0.508 e. The zero-order valence-electron chi connectivity index (χ0n) is 22.4. The van der Waals surface area contributed by atoms with Gasteiger partial charge in [0.05, 0.1) is 21.6 Å². The van der Waals surface area contributed by atoms with Gasteiger partial charge in [0.1, 0.15) is 17.2 Å². The summed E-state index contributed by atoms with van der Waals surface area (Å²) >= 11 is 0. The van der Waals surface area contributed by atoms with Crippen LogP contribution in [0.15, 0.2) is 132 Å². The van der Waals surface area contributed by atoms with Crippen molar-refractivity contribution in [2.24, 2.45) is 5.10 Å². The van der Waals surface area contributed by atoms with Crippen molar-refractivity contribution in [2.45, 2.75) is 0 Å². The maximum absolute atomic E-state index is 11.9. The van der Waals surface area contributed by atoms with Crippen LogP contribution < -0.4 is 5.43 Å². The smallest absolute Gasteiger partial charge is 0.301 e. The fourth-order valence-corrected chi connectivity index (χ4v) is 3.88. The third-order valence-electron chi connectivity index (χ3n) is 6.03. The molecule has 0 fully saturated rings. The maximum Gasteiger partial charge on any atom is 0.301 e. The highest BCUT2D eigenvalue weighted by molar-refractivity contribution is 6.13. The number of phenols is 2. The lowest BCUT2D eigenvalue weighted by atomic mass is 10.0. The molecule has 0 bridgehead atoms. The highest BCUT2D eigenvalue weighted by atomic mass is 16.6. The number of nitrogens with one attached hydrogen (secondary N) is 1. The molecule has 0 aliphatic carbocycles. The standard InChI is InChI=1S/C19H14N4O4.C13H10O3/c24-22(25)16-11-12-17(18(13-16)23(26)27)20-21-19(14-7-3-1-4-8-14)15-9-5-2-6-10-15;14-11-5-1-9(2-6-11)13(16)10-3-7-12(15)8-4-10/h1-13,20H;1-8,14-15H. The molecule has 11 heteroatoms. The van der Waals surface area contributed by atoms with E-state index in [4.69, 9.17) is 10.2 Å². The lowest BCUT2D eigenvalue weighted by molar-refractivity contribution is -0.393. The van der Waals surface area contributed by atoms with E-state index in [-0.39, 0.29) is 28.7 Å². The third-order valence-corrected chi connectivity index (χ3v) is 6.03. The van der Waals surface area contributed by atoms with Gasteiger partial charge in [0.15, 0.2) is 5.78 Å². The minimum Gasteiger partial charge on any atom is -0.508 e. The second kappa shape index (κ2) is 13.8. The van der Waals surface area contributed by atoms with Crippen LogP contribution in [-0.2, 0) is 0 Å². The number of nitrogens with zero attached hydrogens (tertiary/aromatic N) is 3. The summed E-state index contributed by atoms with van der Waals surface area (Å²) in [7, 11) is 0. The van der Waals surface area contributed by atoms with E-state index < -0.39 is 15.5 Å². The fourth-order valence-electron chi connectivity index (χ4n) is 3.88. The van der Waals surface area contributed by atoms with Crippen LogP contribution in [0.2, 0.25) is 0 Å². The number of hydrogen-bond donors (Lipinski definition) is 3. The molecule has 0 amide bonds. The Morgan fingerprint density at radius 1 is 0.605 bits per heavy atom. The third kappa shape index (κ3) is 7.86. The monoisotopic (exact) mass is 576 g/mol. The predicted octanol–water partition coefficient (Wildman–Crippen LogP) is 6.70. The molecule has 0 spiro atoms. The van der Waals surface area contributed by atoms with Gasteiger partial charge in [-0.25, -0.2) is 0 Å². The molecule has 3 N–H and O–H groups in total. The Morgan fingerprint density at radius 3 is 1.49 bits per heavy atom. The average molecular weight is 577 g/mol. The first-order valence-corrected chi connectivity index (χ1v) is 12.7. The lowest BCUT2D eigenvalue weighted by Crippen LogP contribution is -2.07. The van der Waals surface area contributed by atoms with Crippen LogP contribution in [0, 0.1) is 20.2 Å². The van der Waals surface area contributed by atoms with E-state index in [2.05, 4.69) is 10.5 Å². The predicted molar refractivity (Wildman–Crippen MR) is 162 cm³/mol. The Morgan fingerprint density at radius 2 is 1.07 bits per heavy atom. The summed E-state index contributed by atoms with van der Waals surface area (Å²) in [5, 5.41) is 44.7. The summed E-state index contributed by atoms with van der Waals surface area (Å²) in [6.45, 7) is 0. The number of phenolic OH excluding ortho intramolecular Hbond substituents is 2. The molecule has 0 saturated carbocycles. The van der Waals surface area contributed by atoms with E-state index in [1.807, 2.05) is 60.7 Å². The van der Waals surface area contributed by atoms with Crippen molar-refractivity contribution in [3.63, 3.8) is 0 Å². The number of rotatable bonds is 8. The quantitative estimate of drug-likeness (QED) is 0.0794. The summed E-state index contributed by atoms with van der Waals surface area (Å²) in [6, 6.07) is 34.2. The number of aromatic hydroxyl groups is 2. The van der Waals surface area contributed by atoms with E-state index in [0.29, 0.717) is 16.8 Å². The van der Waals surface area contributed by atoms with Gasteiger partial charge >= 0.3 is 5.69 Å². The molecule has 0 heterocycles. The van der Waals surface area contributed by atoms with E-state index in [9.17, 15) is 25.0 Å². The van der Waals surface area contributed by atoms with Crippen molar-refractivity contribution in [3.05, 3.63) is 170 Å². The summed E-state index contributed by atoms with van der Waals surface area (Å²) in [4.78, 5) is 32.7. The van der Waals surface area contributed by atoms with Gasteiger partial charge in [-0.3, -0.25) is 30.4 Å². The minimum absolute atomic E-state index is 0.0648. The second-order valence-electron chi connectivity index (χ2n) is 8.94. The van der Waals surface area contributed by atoms with Crippen molar-refractivity contribution >= 4 is 28.6 Å². The molecule has 5 aromatic rings. The number of nitro benzene ring substituents is 2. The van der Waals surface area contributed by atoms with Crippen LogP contribution in [0.5, 0.6) is 11.5 Å². The first kappa shape index (κ1) is 29.6. The second-order valence-corrected chi connectivity index (χ2v) is 8.94. The number of hydrazone groups is 1. The molecule has 0 aliphatic rings. The Balaban J connectivity index is 0.000000225. The number of nitro groups is 2. The van der Waals surface area contributed by atoms with Gasteiger partial charge < -0.3 is 10.2 Å². The number of carbonyl (C=O) groups excluding carboxylic acids is 1. The number of ketones is 1. The van der Waals surface area contributed by atoms with Gasteiger partial charge in [0.2, 0.25) is 0 Å². The van der Waals surface area contributed by atoms with Gasteiger partial charge in [-0.15, -0.1) is 0 Å². The van der Waals surface area contributed by atoms with Crippen molar-refractivity contribution in [2.75, 3.05) is 5.43 Å². The first-order chi connectivity index (χ1) is 20.7. The van der Waals surface area contributed by atoms with Crippen molar-refractivity contribution in [1.82, 2.24) is 0 Å². The highest BCUT2D eigenvalue weighted by Gasteiger charge is 2.19. The zero-order valence-corrected chi connectivity index (χ0v) is 22.4. The molecule has 43 heavy (non-hydrogen) atoms. The van der Waals surface area contributed by atoms with E-state index in [0.717, 1.165) is 17.2 Å². The first-order valence-electron chi connectivity index (χ1n) is 12.7. The topological polar surface area (TPSA) is 168 Å². The van der Waals surface area contributed by atoms with Gasteiger partial charge in [-0.1, -0.05) is 60.7 Å². The Labute approximate surface area is 245 Å². The molecule has 0 radical (unpaired) electrons. The van der Waals surface area contributed by atoms with E-state index >= 15 is 0 Å². The molecule has 0 atom stereocenters. The normalized spacial score (nSPS) is 10.0. The molecule has 5 rings (SSSR count). The number of carbonyl (C=O) groups is 1. The zero-order chi connectivity index (χ0) is 30.8. The number of benzene rings is 5. The summed E-state index contributed by atoms with van der Waals surface area (Å²) in [5.41, 5.74) is 5.20. The number of hydrogen-bond acceptors (Lipinski definition) is 9. The number of anilines is 1. The minimum atomic E-state index is -0.685. The summed E-state index contributed by atoms with van der Waals surface area (Å²) < 4.78 is 0. The lowest BCUT2D eigenvalue weighted by Gasteiger charge is -2.09. The van der Waals surface area contributed by atoms with Crippen LogP contribution in [0.25, 0.3) is 0 Å². The van der Waals surface area contributed by atoms with Gasteiger partial charge in [0.25, 0.3) is 5.69 Å². The van der Waals surface area contributed by atoms with E-state index in [1.165, 1.54) is 36.4 Å². The van der Waals surface area contributed by atoms with Crippen molar-refractivity contribution in [3.8, 4) is 11.5 Å². The fraction of sp³-hybridized carbons (Fsp3) is 0. The van der Waals surface area contributed by atoms with Crippen molar-refractivity contribution in [1.29, 1.82) is 0 Å². The molecule has 5 aromatic carbocycles. The Kier molecular flexibility index (Phi) is 9.52. The molecule has 0 aliphatic heterocycles. The van der Waals surface area contributed by atoms with Gasteiger partial charge in [0, 0.05) is 28.3 Å². The van der Waals surface area contributed by atoms with E-state index in [1.54, 1.807) is 24.3 Å². The van der Waals surface area contributed by atoms with Crippen LogP contribution in [-0.4, -0.2) is 31.6 Å². The van der Waals surface area contributed by atoms with Gasteiger partial charge in [-0.05, 0) is 54.6 Å². The average Bonchev–Trinajstić information content (AvgIpc) is 3.03. The van der Waals surface area contributed by atoms with Crippen LogP contribution in [0.3, 0.4) is 0 Å². The number of non-ortho nitro benzene ring substituents is 1. The molecule has 0 saturated heterocycles. The summed E-state index contributed by atoms with van der Waals surface area (Å²) in [6.07, 6.45) is 0. The maximum atomic E-state index is 11.9. The molecule has 214 valence electrons. The van der Waals surface area contributed by atoms with Gasteiger partial charge in [-0.2, -0.15) is 5.10 Å². The SMILES string of the molecule is O=C(c1ccc(O)cc1)c1ccc(O)cc1.O=[N+]([O-])c1ccc(NN=C(c2ccccc2)c2ccccc2)c([N+](=O)[O-])c1. The molecular weight excluding hydrogens is 552 g/mol. The Bertz CT molecular complexity index is 1670. The molecule has 0 unspecified atom stereocenters. The Hall–Kier alpha value is -6.36. The van der Waals surface area contributed by atoms with Crippen LogP contribution in [0.4, 0.5) is 17.1 Å². The highest BCUT2D eigenvalue weighted by Crippen LogP contribution is 2.29. The van der Waals surface area contributed by atoms with Crippen LogP contribution in [0.1, 0.15) is 27.0 Å². The molecule has 11 nitrogen and oxygen atoms in total. The molecule has 0 aromatic heterocycles. The summed E-state index contributed by atoms with van der Waals surface area (Å²) in [5.74, 6) is 0.115. The van der Waals surface area contributed by atoms with Crippen molar-refractivity contribution < 1.29 is 24.9 Å². The molecular formula is C32H24N4O7.